The smallest absolute Gasteiger partial charge is 0.335 e. The van der Waals surface area contributed by atoms with Gasteiger partial charge >= 0.3 is 5.97 Å². The molecule has 3 rings (SSSR count). The molecule has 0 aromatic heterocycles. The summed E-state index contributed by atoms with van der Waals surface area (Å²) in [5.41, 5.74) is 2.32. The van der Waals surface area contributed by atoms with Crippen molar-refractivity contribution in [3.05, 3.63) is 58.1 Å². The molecular formula is C15H11NO2. The molecule has 18 heavy (non-hydrogen) atoms. The Bertz CT molecular complexity index is 736. The van der Waals surface area contributed by atoms with Crippen molar-refractivity contribution in [2.45, 2.75) is 0 Å². The van der Waals surface area contributed by atoms with E-state index in [-0.39, 0.29) is 5.57 Å². The van der Waals surface area contributed by atoms with Gasteiger partial charge in [0.25, 0.3) is 0 Å². The van der Waals surface area contributed by atoms with Gasteiger partial charge in [0.15, 0.2) is 0 Å². The molecule has 1 aromatic rings. The van der Waals surface area contributed by atoms with Gasteiger partial charge in [-0.2, -0.15) is 0 Å². The normalized spacial score (nSPS) is 15.2. The van der Waals surface area contributed by atoms with E-state index in [0.717, 1.165) is 21.7 Å². The van der Waals surface area contributed by atoms with Gasteiger partial charge in [0.05, 0.1) is 11.3 Å². The summed E-state index contributed by atoms with van der Waals surface area (Å²) < 4.78 is 0. The summed E-state index contributed by atoms with van der Waals surface area (Å²) in [6.07, 6.45) is 12.8. The van der Waals surface area contributed by atoms with E-state index < -0.39 is 5.97 Å². The molecule has 2 N–H and O–H groups in total. The molecule has 0 atom stereocenters. The maximum atomic E-state index is 11.0. The third-order valence-electron chi connectivity index (χ3n) is 3.03. The van der Waals surface area contributed by atoms with E-state index >= 15 is 0 Å². The second-order valence-electron chi connectivity index (χ2n) is 4.13. The zero-order chi connectivity index (χ0) is 12.5. The Morgan fingerprint density at radius 2 is 1.89 bits per heavy atom. The van der Waals surface area contributed by atoms with Crippen molar-refractivity contribution in [3.8, 4) is 0 Å². The van der Waals surface area contributed by atoms with E-state index in [0.29, 0.717) is 0 Å². The number of carbonyl (C=O) groups is 1. The summed E-state index contributed by atoms with van der Waals surface area (Å²) in [6, 6.07) is 4.02. The van der Waals surface area contributed by atoms with Gasteiger partial charge in [-0.3, -0.25) is 0 Å². The van der Waals surface area contributed by atoms with Crippen molar-refractivity contribution in [2.75, 3.05) is 5.32 Å². The molecule has 0 spiro atoms. The van der Waals surface area contributed by atoms with E-state index in [4.69, 9.17) is 5.11 Å². The van der Waals surface area contributed by atoms with Crippen molar-refractivity contribution in [2.24, 2.45) is 0 Å². The lowest BCUT2D eigenvalue weighted by Gasteiger charge is -2.10. The fourth-order valence-electron chi connectivity index (χ4n) is 2.11. The van der Waals surface area contributed by atoms with Gasteiger partial charge in [0, 0.05) is 11.8 Å². The van der Waals surface area contributed by atoms with Crippen LogP contribution in [0.4, 0.5) is 5.69 Å². The summed E-state index contributed by atoms with van der Waals surface area (Å²) >= 11 is 0. The van der Waals surface area contributed by atoms with Gasteiger partial charge in [-0.25, -0.2) is 4.79 Å². The largest absolute Gasteiger partial charge is 0.478 e. The zero-order valence-electron chi connectivity index (χ0n) is 9.55. The number of benzene rings is 1. The number of allylic oxidation sites excluding steroid dienone is 2. The average molecular weight is 237 g/mol. The third kappa shape index (κ3) is 1.66. The SMILES string of the molecule is O=C(O)C1=CC=c2ccc3c(c2C=C1)NC=CC=3. The highest BCUT2D eigenvalue weighted by Gasteiger charge is 2.08. The molecule has 0 bridgehead atoms. The third-order valence-corrected chi connectivity index (χ3v) is 3.03. The quantitative estimate of drug-likeness (QED) is 0.772. The van der Waals surface area contributed by atoms with Crippen molar-refractivity contribution < 1.29 is 9.90 Å². The number of anilines is 1. The summed E-state index contributed by atoms with van der Waals surface area (Å²) in [5.74, 6) is -0.913. The first-order chi connectivity index (χ1) is 8.75. The minimum absolute atomic E-state index is 0.287. The maximum absolute atomic E-state index is 11.0. The predicted octanol–water partition coefficient (Wildman–Crippen LogP) is 1.22. The van der Waals surface area contributed by atoms with Crippen molar-refractivity contribution in [1.82, 2.24) is 0 Å². The average Bonchev–Trinajstić information content (AvgIpc) is 2.61. The van der Waals surface area contributed by atoms with Crippen molar-refractivity contribution in [3.63, 3.8) is 0 Å². The highest BCUT2D eigenvalue weighted by molar-refractivity contribution is 5.94. The first-order valence-corrected chi connectivity index (χ1v) is 5.65. The van der Waals surface area contributed by atoms with Crippen LogP contribution in [-0.4, -0.2) is 11.1 Å². The van der Waals surface area contributed by atoms with Crippen molar-refractivity contribution >= 4 is 29.9 Å². The lowest BCUT2D eigenvalue weighted by molar-refractivity contribution is -0.132. The molecule has 0 fully saturated rings. The fourth-order valence-corrected chi connectivity index (χ4v) is 2.11. The van der Waals surface area contributed by atoms with Gasteiger partial charge in [-0.05, 0) is 28.7 Å². The molecule has 1 aromatic carbocycles. The second kappa shape index (κ2) is 4.04. The zero-order valence-corrected chi connectivity index (χ0v) is 9.55. The second-order valence-corrected chi connectivity index (χ2v) is 4.13. The van der Waals surface area contributed by atoms with Crippen molar-refractivity contribution in [1.29, 1.82) is 0 Å². The Hall–Kier alpha value is -2.55. The lowest BCUT2D eigenvalue weighted by Crippen LogP contribution is -2.19. The van der Waals surface area contributed by atoms with E-state index in [1.165, 1.54) is 0 Å². The maximum Gasteiger partial charge on any atom is 0.335 e. The highest BCUT2D eigenvalue weighted by atomic mass is 16.4. The molecular weight excluding hydrogens is 226 g/mol. The molecule has 2 aliphatic rings. The number of carboxylic acid groups (broad SMARTS) is 1. The Balaban J connectivity index is 2.24. The monoisotopic (exact) mass is 237 g/mol. The summed E-state index contributed by atoms with van der Waals surface area (Å²) in [4.78, 5) is 11.0. The van der Waals surface area contributed by atoms with Gasteiger partial charge < -0.3 is 10.4 Å². The standard InChI is InChI=1S/C15H11NO2/c17-15(18)12-6-4-10-3-5-11-2-1-9-16-14(11)13(10)8-7-12/h1-9,16H,(H,17,18). The molecule has 0 saturated heterocycles. The summed E-state index contributed by atoms with van der Waals surface area (Å²) in [7, 11) is 0. The first-order valence-electron chi connectivity index (χ1n) is 5.65. The Labute approximate surface area is 104 Å². The molecule has 3 heteroatoms. The number of aliphatic carboxylic acids is 1. The Kier molecular flexibility index (Phi) is 2.38. The van der Waals surface area contributed by atoms with Gasteiger partial charge in [0.2, 0.25) is 0 Å². The molecule has 88 valence electrons. The van der Waals surface area contributed by atoms with Crippen LogP contribution < -0.4 is 15.8 Å². The van der Waals surface area contributed by atoms with Gasteiger partial charge in [-0.15, -0.1) is 0 Å². The number of hydrogen-bond acceptors (Lipinski definition) is 2. The highest BCUT2D eigenvalue weighted by Crippen LogP contribution is 2.14. The number of rotatable bonds is 1. The van der Waals surface area contributed by atoms with Crippen LogP contribution in [0.25, 0.3) is 18.2 Å². The fraction of sp³-hybridized carbons (Fsp3) is 0. The topological polar surface area (TPSA) is 49.3 Å². The predicted molar refractivity (Wildman–Crippen MR) is 72.1 cm³/mol. The summed E-state index contributed by atoms with van der Waals surface area (Å²) in [5, 5.41) is 14.3. The van der Waals surface area contributed by atoms with Crippen LogP contribution in [0.2, 0.25) is 0 Å². The van der Waals surface area contributed by atoms with Gasteiger partial charge in [0.1, 0.15) is 0 Å². The van der Waals surface area contributed by atoms with E-state index in [1.807, 2.05) is 42.6 Å². The molecule has 1 aliphatic carbocycles. The van der Waals surface area contributed by atoms with Gasteiger partial charge in [-0.1, -0.05) is 30.4 Å². The molecule has 0 unspecified atom stereocenters. The van der Waals surface area contributed by atoms with Crippen LogP contribution in [0.3, 0.4) is 0 Å². The van der Waals surface area contributed by atoms with Crippen LogP contribution in [0, 0.1) is 0 Å². The Morgan fingerprint density at radius 1 is 1.06 bits per heavy atom. The van der Waals surface area contributed by atoms with E-state index in [2.05, 4.69) is 5.32 Å². The molecule has 0 amide bonds. The van der Waals surface area contributed by atoms with E-state index in [9.17, 15) is 4.79 Å². The first kappa shape index (κ1) is 10.6. The molecule has 0 saturated carbocycles. The lowest BCUT2D eigenvalue weighted by atomic mass is 10.1. The summed E-state index contributed by atoms with van der Waals surface area (Å²) in [6.45, 7) is 0. The van der Waals surface area contributed by atoms with Crippen LogP contribution in [-0.2, 0) is 4.79 Å². The minimum Gasteiger partial charge on any atom is -0.478 e. The van der Waals surface area contributed by atoms with Crippen LogP contribution in [0.15, 0.2) is 42.1 Å². The molecule has 1 heterocycles. The van der Waals surface area contributed by atoms with Crippen LogP contribution in [0.5, 0.6) is 0 Å². The molecule has 1 aliphatic heterocycles. The molecule has 3 nitrogen and oxygen atoms in total. The van der Waals surface area contributed by atoms with Crippen LogP contribution >= 0.6 is 0 Å². The molecule has 0 radical (unpaired) electrons. The number of carboxylic acids is 1. The number of nitrogens with one attached hydrogen (secondary N) is 1. The number of hydrogen-bond donors (Lipinski definition) is 2. The Morgan fingerprint density at radius 3 is 2.72 bits per heavy atom. The van der Waals surface area contributed by atoms with Crippen LogP contribution in [0.1, 0.15) is 5.56 Å². The minimum atomic E-state index is -0.913. The number of fused-ring (bicyclic) bond motifs is 3. The van der Waals surface area contributed by atoms with E-state index in [1.54, 1.807) is 12.2 Å².